The first-order chi connectivity index (χ1) is 11.6. The standard InChI is InChI=1S/C17H18N4O3/c1-12-16(21(22)23)15(11-24-2)14(10-18)17(20-12)19-9-8-13-6-4-3-5-7-13/h3-7H,8-9,11H2,1-2H3,(H,19,20)/p+1. The molecule has 0 aliphatic carbocycles. The Morgan fingerprint density at radius 3 is 2.67 bits per heavy atom. The summed E-state index contributed by atoms with van der Waals surface area (Å²) in [5.41, 5.74) is 1.93. The van der Waals surface area contributed by atoms with Gasteiger partial charge in [-0.25, -0.2) is 4.98 Å². The number of nitro groups is 1. The van der Waals surface area contributed by atoms with Gasteiger partial charge in [0, 0.05) is 20.5 Å². The van der Waals surface area contributed by atoms with E-state index in [1.165, 1.54) is 12.7 Å². The Morgan fingerprint density at radius 2 is 2.08 bits per heavy atom. The van der Waals surface area contributed by atoms with Gasteiger partial charge in [0.15, 0.2) is 11.3 Å². The van der Waals surface area contributed by atoms with E-state index in [9.17, 15) is 15.4 Å². The predicted molar refractivity (Wildman–Crippen MR) is 88.5 cm³/mol. The zero-order valence-corrected chi connectivity index (χ0v) is 13.6. The van der Waals surface area contributed by atoms with E-state index in [1.54, 1.807) is 6.92 Å². The lowest BCUT2D eigenvalue weighted by molar-refractivity contribution is -0.420. The van der Waals surface area contributed by atoms with Gasteiger partial charge in [0.05, 0.1) is 23.6 Å². The largest absolute Gasteiger partial charge is 0.380 e. The van der Waals surface area contributed by atoms with Crippen molar-refractivity contribution in [3.63, 3.8) is 0 Å². The molecule has 124 valence electrons. The summed E-state index contributed by atoms with van der Waals surface area (Å²) in [5, 5.41) is 23.9. The van der Waals surface area contributed by atoms with Gasteiger partial charge in [-0.1, -0.05) is 30.3 Å². The lowest BCUT2D eigenvalue weighted by Crippen LogP contribution is -2.23. The number of benzene rings is 1. The van der Waals surface area contributed by atoms with E-state index in [0.717, 1.165) is 6.42 Å². The molecule has 2 aromatic rings. The van der Waals surface area contributed by atoms with E-state index in [0.29, 0.717) is 18.1 Å². The molecule has 0 saturated heterocycles. The fourth-order valence-corrected chi connectivity index (χ4v) is 2.57. The molecule has 0 aliphatic rings. The molecule has 7 nitrogen and oxygen atoms in total. The first kappa shape index (κ1) is 17.4. The number of nitrogens with one attached hydrogen (secondary N) is 2. The number of anilines is 1. The number of rotatable bonds is 7. The van der Waals surface area contributed by atoms with Gasteiger partial charge in [-0.05, 0) is 5.56 Å². The minimum absolute atomic E-state index is 0.00208. The molecule has 0 fully saturated rings. The second-order valence-corrected chi connectivity index (χ2v) is 5.29. The molecule has 1 aromatic carbocycles. The van der Waals surface area contributed by atoms with Crippen LogP contribution in [0.3, 0.4) is 0 Å². The Balaban J connectivity index is 2.29. The number of nitrogens with zero attached hydrogens (tertiary/aromatic N) is 2. The Bertz CT molecular complexity index is 770. The van der Waals surface area contributed by atoms with Crippen molar-refractivity contribution in [2.24, 2.45) is 0 Å². The van der Waals surface area contributed by atoms with E-state index >= 15 is 0 Å². The number of aromatic nitrogens is 1. The minimum Gasteiger partial charge on any atom is -0.380 e. The Labute approximate surface area is 140 Å². The molecule has 2 N–H and O–H groups in total. The van der Waals surface area contributed by atoms with Gasteiger partial charge < -0.3 is 4.74 Å². The SMILES string of the molecule is COCc1c(C#N)c(NCCc2ccccc2)[nH+]c(C)c1[N+](=O)[O-]. The van der Waals surface area contributed by atoms with Crippen LogP contribution in [0, 0.1) is 28.4 Å². The van der Waals surface area contributed by atoms with Gasteiger partial charge in [0.1, 0.15) is 6.07 Å². The van der Waals surface area contributed by atoms with E-state index in [4.69, 9.17) is 4.74 Å². The number of aromatic amines is 1. The maximum Gasteiger partial charge on any atom is 0.317 e. The second kappa shape index (κ2) is 8.04. The molecule has 0 saturated carbocycles. The zero-order chi connectivity index (χ0) is 17.5. The molecule has 1 heterocycles. The summed E-state index contributed by atoms with van der Waals surface area (Å²) in [4.78, 5) is 13.7. The van der Waals surface area contributed by atoms with Gasteiger partial charge >= 0.3 is 5.69 Å². The molecule has 1 aromatic heterocycles. The van der Waals surface area contributed by atoms with Crippen molar-refractivity contribution < 1.29 is 14.6 Å². The highest BCUT2D eigenvalue weighted by molar-refractivity contribution is 5.60. The van der Waals surface area contributed by atoms with Gasteiger partial charge in [-0.3, -0.25) is 15.4 Å². The number of hydrogen-bond acceptors (Lipinski definition) is 5. The molecular weight excluding hydrogens is 308 g/mol. The van der Waals surface area contributed by atoms with Crippen LogP contribution in [0.15, 0.2) is 30.3 Å². The molecule has 24 heavy (non-hydrogen) atoms. The summed E-state index contributed by atoms with van der Waals surface area (Å²) in [5.74, 6) is 0.476. The second-order valence-electron chi connectivity index (χ2n) is 5.29. The molecule has 0 radical (unpaired) electrons. The maximum atomic E-state index is 11.3. The summed E-state index contributed by atoms with van der Waals surface area (Å²) in [6.07, 6.45) is 0.773. The number of pyridine rings is 1. The zero-order valence-electron chi connectivity index (χ0n) is 13.6. The molecule has 0 aliphatic heterocycles. The summed E-state index contributed by atoms with van der Waals surface area (Å²) >= 11 is 0. The van der Waals surface area contributed by atoms with Crippen molar-refractivity contribution in [2.45, 2.75) is 20.0 Å². The molecular formula is C17H19N4O3+. The molecule has 0 spiro atoms. The van der Waals surface area contributed by atoms with Crippen LogP contribution in [0.5, 0.6) is 0 Å². The normalized spacial score (nSPS) is 10.2. The smallest absolute Gasteiger partial charge is 0.317 e. The Hall–Kier alpha value is -2.98. The fourth-order valence-electron chi connectivity index (χ4n) is 2.57. The first-order valence-corrected chi connectivity index (χ1v) is 7.48. The first-order valence-electron chi connectivity index (χ1n) is 7.48. The number of aryl methyl sites for hydroxylation is 1. The molecule has 0 bridgehead atoms. The number of H-pyrrole nitrogens is 1. The molecule has 0 unspecified atom stereocenters. The van der Waals surface area contributed by atoms with Crippen LogP contribution in [-0.4, -0.2) is 18.6 Å². The lowest BCUT2D eigenvalue weighted by atomic mass is 10.1. The van der Waals surface area contributed by atoms with Crippen LogP contribution in [0.2, 0.25) is 0 Å². The van der Waals surface area contributed by atoms with Crippen LogP contribution in [0.25, 0.3) is 0 Å². The van der Waals surface area contributed by atoms with Crippen molar-refractivity contribution in [3.05, 3.63) is 62.8 Å². The monoisotopic (exact) mass is 327 g/mol. The van der Waals surface area contributed by atoms with E-state index in [2.05, 4.69) is 10.3 Å². The fraction of sp³-hybridized carbons (Fsp3) is 0.294. The van der Waals surface area contributed by atoms with E-state index < -0.39 is 4.92 Å². The summed E-state index contributed by atoms with van der Waals surface area (Å²) in [6, 6.07) is 12.0. The van der Waals surface area contributed by atoms with Crippen LogP contribution in [0.1, 0.15) is 22.4 Å². The highest BCUT2D eigenvalue weighted by atomic mass is 16.6. The van der Waals surface area contributed by atoms with E-state index in [1.807, 2.05) is 36.4 Å². The summed E-state index contributed by atoms with van der Waals surface area (Å²) in [7, 11) is 1.44. The quantitative estimate of drug-likeness (QED) is 0.621. The van der Waals surface area contributed by atoms with Crippen molar-refractivity contribution >= 4 is 11.5 Å². The third kappa shape index (κ3) is 3.86. The summed E-state index contributed by atoms with van der Waals surface area (Å²) < 4.78 is 5.05. The van der Waals surface area contributed by atoms with Crippen LogP contribution in [-0.2, 0) is 17.8 Å². The molecule has 0 atom stereocenters. The minimum atomic E-state index is -0.491. The maximum absolute atomic E-state index is 11.3. The number of nitriles is 1. The highest BCUT2D eigenvalue weighted by Crippen LogP contribution is 2.27. The van der Waals surface area contributed by atoms with Crippen LogP contribution >= 0.6 is 0 Å². The molecule has 2 rings (SSSR count). The van der Waals surface area contributed by atoms with Crippen LogP contribution in [0.4, 0.5) is 11.5 Å². The Kier molecular flexibility index (Phi) is 5.82. The average Bonchev–Trinajstić information content (AvgIpc) is 2.56. The highest BCUT2D eigenvalue weighted by Gasteiger charge is 2.29. The molecule has 0 amide bonds. The van der Waals surface area contributed by atoms with Crippen LogP contribution < -0.4 is 10.3 Å². The van der Waals surface area contributed by atoms with E-state index in [-0.39, 0.29) is 23.4 Å². The lowest BCUT2D eigenvalue weighted by Gasteiger charge is -2.08. The van der Waals surface area contributed by atoms with Gasteiger partial charge in [0.25, 0.3) is 5.82 Å². The van der Waals surface area contributed by atoms with Crippen molar-refractivity contribution in [3.8, 4) is 6.07 Å². The van der Waals surface area contributed by atoms with Crippen molar-refractivity contribution in [1.29, 1.82) is 5.26 Å². The van der Waals surface area contributed by atoms with Gasteiger partial charge in [-0.2, -0.15) is 5.26 Å². The number of ether oxygens (including phenoxy) is 1. The Morgan fingerprint density at radius 1 is 1.38 bits per heavy atom. The third-order valence-corrected chi connectivity index (χ3v) is 3.65. The summed E-state index contributed by atoms with van der Waals surface area (Å²) in [6.45, 7) is 2.21. The average molecular weight is 327 g/mol. The third-order valence-electron chi connectivity index (χ3n) is 3.65. The van der Waals surface area contributed by atoms with Crippen molar-refractivity contribution in [2.75, 3.05) is 19.0 Å². The topological polar surface area (TPSA) is 102 Å². The number of methoxy groups -OCH3 is 1. The van der Waals surface area contributed by atoms with Gasteiger partial charge in [0.2, 0.25) is 0 Å². The molecule has 7 heteroatoms. The van der Waals surface area contributed by atoms with Gasteiger partial charge in [-0.15, -0.1) is 0 Å². The van der Waals surface area contributed by atoms with Crippen molar-refractivity contribution in [1.82, 2.24) is 0 Å². The predicted octanol–water partition coefficient (Wildman–Crippen LogP) is 2.39. The number of hydrogen-bond donors (Lipinski definition) is 1.